The van der Waals surface area contributed by atoms with Crippen LogP contribution in [0.5, 0.6) is 0 Å². The molecule has 0 heterocycles. The van der Waals surface area contributed by atoms with Gasteiger partial charge in [-0.05, 0) is 24.6 Å². The van der Waals surface area contributed by atoms with Crippen LogP contribution in [0.1, 0.15) is 24.9 Å². The molecule has 0 saturated carbocycles. The largest absolute Gasteiger partial charge is 0.481 e. The van der Waals surface area contributed by atoms with E-state index in [1.807, 2.05) is 0 Å². The highest BCUT2D eigenvalue weighted by Crippen LogP contribution is 2.16. The molecule has 100 valence electrons. The Bertz CT molecular complexity index is 528. The monoisotopic (exact) mass is 272 g/mol. The Balaban J connectivity index is 2.69. The molecule has 0 radical (unpaired) electrons. The number of benzene rings is 1. The Morgan fingerprint density at radius 2 is 2.17 bits per heavy atom. The van der Waals surface area contributed by atoms with Crippen molar-refractivity contribution < 1.29 is 18.3 Å². The number of carbonyl (C=O) groups is 1. The summed E-state index contributed by atoms with van der Waals surface area (Å²) in [6.07, 6.45) is -0.418. The van der Waals surface area contributed by atoms with E-state index in [2.05, 4.69) is 4.72 Å². The standard InChI is InChI=1S/C11H16N2O4S/c1-8(9-3-2-4-10(12)7-9)13-18(16,17)6-5-11(14)15/h2-4,7-8,13H,5-6,12H2,1H3,(H,14,15). The van der Waals surface area contributed by atoms with Crippen molar-refractivity contribution in [1.82, 2.24) is 4.72 Å². The number of hydrogen-bond acceptors (Lipinski definition) is 4. The summed E-state index contributed by atoms with van der Waals surface area (Å²) in [5, 5.41) is 8.46. The molecule has 0 aliphatic rings. The van der Waals surface area contributed by atoms with Gasteiger partial charge in [0.15, 0.2) is 0 Å². The predicted molar refractivity (Wildman–Crippen MR) is 68.4 cm³/mol. The molecule has 7 heteroatoms. The highest BCUT2D eigenvalue weighted by molar-refractivity contribution is 7.89. The fourth-order valence-electron chi connectivity index (χ4n) is 1.45. The summed E-state index contributed by atoms with van der Waals surface area (Å²) < 4.78 is 25.6. The molecule has 0 bridgehead atoms. The van der Waals surface area contributed by atoms with E-state index in [1.165, 1.54) is 0 Å². The van der Waals surface area contributed by atoms with Gasteiger partial charge >= 0.3 is 5.97 Å². The van der Waals surface area contributed by atoms with Gasteiger partial charge in [0.2, 0.25) is 10.0 Å². The summed E-state index contributed by atoms with van der Waals surface area (Å²) in [5.74, 6) is -1.58. The number of anilines is 1. The van der Waals surface area contributed by atoms with Gasteiger partial charge in [-0.2, -0.15) is 0 Å². The van der Waals surface area contributed by atoms with E-state index in [0.29, 0.717) is 5.69 Å². The molecule has 1 rings (SSSR count). The first-order valence-corrected chi connectivity index (χ1v) is 7.02. The third kappa shape index (κ3) is 4.72. The lowest BCUT2D eigenvalue weighted by Crippen LogP contribution is -2.30. The van der Waals surface area contributed by atoms with Crippen molar-refractivity contribution in [2.45, 2.75) is 19.4 Å². The first kappa shape index (κ1) is 14.5. The SMILES string of the molecule is CC(NS(=O)(=O)CCC(=O)O)c1cccc(N)c1. The van der Waals surface area contributed by atoms with Gasteiger partial charge in [0.1, 0.15) is 0 Å². The van der Waals surface area contributed by atoms with Crippen LogP contribution in [-0.4, -0.2) is 25.2 Å². The first-order valence-electron chi connectivity index (χ1n) is 5.37. The van der Waals surface area contributed by atoms with Gasteiger partial charge in [-0.1, -0.05) is 12.1 Å². The van der Waals surface area contributed by atoms with Crippen LogP contribution in [0, 0.1) is 0 Å². The van der Waals surface area contributed by atoms with Crippen LogP contribution in [0.2, 0.25) is 0 Å². The zero-order valence-corrected chi connectivity index (χ0v) is 10.8. The van der Waals surface area contributed by atoms with Crippen LogP contribution in [0.4, 0.5) is 5.69 Å². The molecular formula is C11H16N2O4S. The number of nitrogens with two attached hydrogens (primary N) is 1. The molecule has 0 aliphatic heterocycles. The van der Waals surface area contributed by atoms with Crippen LogP contribution in [0.15, 0.2) is 24.3 Å². The molecule has 0 saturated heterocycles. The highest BCUT2D eigenvalue weighted by Gasteiger charge is 2.17. The maximum atomic E-state index is 11.6. The number of rotatable bonds is 6. The maximum Gasteiger partial charge on any atom is 0.304 e. The summed E-state index contributed by atoms with van der Waals surface area (Å²) in [5.41, 5.74) is 6.88. The number of nitrogens with one attached hydrogen (secondary N) is 1. The minimum atomic E-state index is -3.61. The molecular weight excluding hydrogens is 256 g/mol. The fraction of sp³-hybridized carbons (Fsp3) is 0.364. The molecule has 4 N–H and O–H groups in total. The van der Waals surface area contributed by atoms with Crippen molar-refractivity contribution in [2.75, 3.05) is 11.5 Å². The van der Waals surface area contributed by atoms with Gasteiger partial charge in [-0.15, -0.1) is 0 Å². The molecule has 18 heavy (non-hydrogen) atoms. The van der Waals surface area contributed by atoms with Gasteiger partial charge < -0.3 is 10.8 Å². The minimum absolute atomic E-state index is 0.418. The third-order valence-electron chi connectivity index (χ3n) is 2.35. The third-order valence-corrected chi connectivity index (χ3v) is 3.81. The number of carboxylic acids is 1. The summed E-state index contributed by atoms with van der Waals surface area (Å²) in [4.78, 5) is 10.3. The number of sulfonamides is 1. The van der Waals surface area contributed by atoms with E-state index >= 15 is 0 Å². The van der Waals surface area contributed by atoms with Crippen molar-refractivity contribution in [3.05, 3.63) is 29.8 Å². The smallest absolute Gasteiger partial charge is 0.304 e. The second-order valence-corrected chi connectivity index (χ2v) is 5.85. The molecule has 0 amide bonds. The Labute approximate surface area is 106 Å². The molecule has 1 aromatic carbocycles. The molecule has 0 spiro atoms. The summed E-state index contributed by atoms with van der Waals surface area (Å²) in [7, 11) is -3.61. The van der Waals surface area contributed by atoms with Crippen molar-refractivity contribution in [3.8, 4) is 0 Å². The maximum absolute atomic E-state index is 11.6. The van der Waals surface area contributed by atoms with Crippen LogP contribution in [0.3, 0.4) is 0 Å². The lowest BCUT2D eigenvalue weighted by atomic mass is 10.1. The average molecular weight is 272 g/mol. The molecule has 0 fully saturated rings. The Hall–Kier alpha value is -1.60. The van der Waals surface area contributed by atoms with Crippen molar-refractivity contribution >= 4 is 21.7 Å². The predicted octanol–water partition coefficient (Wildman–Crippen LogP) is 0.724. The Kier molecular flexibility index (Phi) is 4.69. The lowest BCUT2D eigenvalue weighted by Gasteiger charge is -2.14. The highest BCUT2D eigenvalue weighted by atomic mass is 32.2. The van der Waals surface area contributed by atoms with Gasteiger partial charge in [-0.3, -0.25) is 4.79 Å². The van der Waals surface area contributed by atoms with Crippen LogP contribution in [0.25, 0.3) is 0 Å². The van der Waals surface area contributed by atoms with Crippen molar-refractivity contribution in [2.24, 2.45) is 0 Å². The molecule has 6 nitrogen and oxygen atoms in total. The molecule has 1 atom stereocenters. The van der Waals surface area contributed by atoms with Crippen LogP contribution >= 0.6 is 0 Å². The van der Waals surface area contributed by atoms with Crippen molar-refractivity contribution in [3.63, 3.8) is 0 Å². The number of hydrogen-bond donors (Lipinski definition) is 3. The van der Waals surface area contributed by atoms with Gasteiger partial charge in [0.05, 0.1) is 12.2 Å². The summed E-state index contributed by atoms with van der Waals surface area (Å²) in [6.45, 7) is 1.67. The number of carboxylic acid groups (broad SMARTS) is 1. The Morgan fingerprint density at radius 1 is 1.50 bits per heavy atom. The zero-order chi connectivity index (χ0) is 13.8. The topological polar surface area (TPSA) is 109 Å². The number of nitrogen functional groups attached to an aromatic ring is 1. The van der Waals surface area contributed by atoms with E-state index in [0.717, 1.165) is 5.56 Å². The van der Waals surface area contributed by atoms with E-state index in [4.69, 9.17) is 10.8 Å². The van der Waals surface area contributed by atoms with E-state index in [1.54, 1.807) is 31.2 Å². The number of aliphatic carboxylic acids is 1. The minimum Gasteiger partial charge on any atom is -0.481 e. The van der Waals surface area contributed by atoms with Crippen LogP contribution < -0.4 is 10.5 Å². The summed E-state index contributed by atoms with van der Waals surface area (Å²) in [6, 6.07) is 6.40. The molecule has 0 aromatic heterocycles. The summed E-state index contributed by atoms with van der Waals surface area (Å²) >= 11 is 0. The van der Waals surface area contributed by atoms with Crippen molar-refractivity contribution in [1.29, 1.82) is 0 Å². The van der Waals surface area contributed by atoms with Gasteiger partial charge in [0.25, 0.3) is 0 Å². The van der Waals surface area contributed by atoms with Crippen LogP contribution in [-0.2, 0) is 14.8 Å². The van der Waals surface area contributed by atoms with E-state index < -0.39 is 34.2 Å². The van der Waals surface area contributed by atoms with Gasteiger partial charge in [-0.25, -0.2) is 13.1 Å². The second kappa shape index (κ2) is 5.83. The average Bonchev–Trinajstić information content (AvgIpc) is 2.26. The molecule has 0 aliphatic carbocycles. The molecule has 1 aromatic rings. The van der Waals surface area contributed by atoms with E-state index in [-0.39, 0.29) is 0 Å². The lowest BCUT2D eigenvalue weighted by molar-refractivity contribution is -0.136. The zero-order valence-electron chi connectivity index (χ0n) is 9.96. The van der Waals surface area contributed by atoms with E-state index in [9.17, 15) is 13.2 Å². The second-order valence-electron chi connectivity index (χ2n) is 3.97. The van der Waals surface area contributed by atoms with Gasteiger partial charge in [0, 0.05) is 11.7 Å². The fourth-order valence-corrected chi connectivity index (χ4v) is 2.68. The molecule has 1 unspecified atom stereocenters. The Morgan fingerprint density at radius 3 is 2.72 bits per heavy atom. The first-order chi connectivity index (χ1) is 8.30. The quantitative estimate of drug-likeness (QED) is 0.661. The normalized spacial score (nSPS) is 13.2.